The molecule has 0 heterocycles. The first-order valence-electron chi connectivity index (χ1n) is 6.91. The van der Waals surface area contributed by atoms with E-state index in [0.717, 1.165) is 12.8 Å². The van der Waals surface area contributed by atoms with Crippen molar-refractivity contribution >= 4 is 11.9 Å². The van der Waals surface area contributed by atoms with Crippen LogP contribution in [0, 0.1) is 23.7 Å². The summed E-state index contributed by atoms with van der Waals surface area (Å²) in [4.78, 5) is 23.4. The van der Waals surface area contributed by atoms with E-state index in [4.69, 9.17) is 0 Å². The highest BCUT2D eigenvalue weighted by molar-refractivity contribution is 5.86. The fraction of sp³-hybridized carbons (Fsp3) is 0.714. The van der Waals surface area contributed by atoms with Gasteiger partial charge in [0.05, 0.1) is 17.9 Å². The summed E-state index contributed by atoms with van der Waals surface area (Å²) in [6.07, 6.45) is 5.57. The average Bonchev–Trinajstić information content (AvgIpc) is 2.96. The molecule has 3 N–H and O–H groups in total. The van der Waals surface area contributed by atoms with Crippen LogP contribution in [0.15, 0.2) is 12.2 Å². The van der Waals surface area contributed by atoms with Gasteiger partial charge in [-0.25, -0.2) is 0 Å². The standard InChI is InChI=1S/C14H21NO4/c1-2-3-10(16)7-15-13(17)11-8-4-5-9(6-8)12(11)14(18)19/h4-5,8-12,16H,2-3,6-7H2,1H3,(H,15,17)(H,18,19)/t8?,9?,10?,11-,12+/m0/s1. The third-order valence-electron chi connectivity index (χ3n) is 4.18. The van der Waals surface area contributed by atoms with E-state index in [1.807, 2.05) is 19.1 Å². The summed E-state index contributed by atoms with van der Waals surface area (Å²) in [6.45, 7) is 2.17. The van der Waals surface area contributed by atoms with Crippen molar-refractivity contribution in [3.63, 3.8) is 0 Å². The Labute approximate surface area is 112 Å². The number of carboxylic acid groups (broad SMARTS) is 1. The van der Waals surface area contributed by atoms with Gasteiger partial charge < -0.3 is 15.5 Å². The molecule has 0 aliphatic heterocycles. The molecule has 19 heavy (non-hydrogen) atoms. The molecule has 1 amide bonds. The molecule has 5 nitrogen and oxygen atoms in total. The van der Waals surface area contributed by atoms with Gasteiger partial charge in [-0.15, -0.1) is 0 Å². The molecule has 0 spiro atoms. The number of carboxylic acids is 1. The number of carbonyl (C=O) groups is 2. The molecule has 5 heteroatoms. The number of aliphatic hydroxyl groups excluding tert-OH is 1. The number of amides is 1. The van der Waals surface area contributed by atoms with Gasteiger partial charge >= 0.3 is 5.97 Å². The molecule has 5 atom stereocenters. The van der Waals surface area contributed by atoms with E-state index < -0.39 is 23.9 Å². The van der Waals surface area contributed by atoms with Gasteiger partial charge in [0.2, 0.25) is 5.91 Å². The maximum absolute atomic E-state index is 12.1. The Balaban J connectivity index is 1.95. The Morgan fingerprint density at radius 3 is 2.53 bits per heavy atom. The van der Waals surface area contributed by atoms with Crippen LogP contribution in [0.3, 0.4) is 0 Å². The van der Waals surface area contributed by atoms with Crippen LogP contribution in [-0.4, -0.2) is 34.7 Å². The minimum atomic E-state index is -0.897. The zero-order valence-electron chi connectivity index (χ0n) is 11.1. The molecule has 1 saturated carbocycles. The highest BCUT2D eigenvalue weighted by atomic mass is 16.4. The number of nitrogens with one attached hydrogen (secondary N) is 1. The first-order valence-corrected chi connectivity index (χ1v) is 6.91. The van der Waals surface area contributed by atoms with Crippen molar-refractivity contribution in [1.29, 1.82) is 0 Å². The second kappa shape index (κ2) is 5.74. The van der Waals surface area contributed by atoms with Crippen molar-refractivity contribution in [3.8, 4) is 0 Å². The average molecular weight is 267 g/mol. The Kier molecular flexibility index (Phi) is 4.24. The summed E-state index contributed by atoms with van der Waals surface area (Å²) in [5, 5.41) is 21.5. The lowest BCUT2D eigenvalue weighted by atomic mass is 9.82. The number of aliphatic hydroxyl groups is 1. The maximum Gasteiger partial charge on any atom is 0.307 e. The van der Waals surface area contributed by atoms with Crippen LogP contribution in [0.4, 0.5) is 0 Å². The topological polar surface area (TPSA) is 86.6 Å². The normalized spacial score (nSPS) is 33.4. The van der Waals surface area contributed by atoms with Gasteiger partial charge in [0, 0.05) is 6.54 Å². The lowest BCUT2D eigenvalue weighted by Crippen LogP contribution is -2.42. The van der Waals surface area contributed by atoms with Crippen LogP contribution in [0.1, 0.15) is 26.2 Å². The van der Waals surface area contributed by atoms with E-state index in [1.165, 1.54) is 0 Å². The highest BCUT2D eigenvalue weighted by Crippen LogP contribution is 2.48. The van der Waals surface area contributed by atoms with E-state index in [1.54, 1.807) is 0 Å². The molecule has 0 aromatic heterocycles. The van der Waals surface area contributed by atoms with Crippen molar-refractivity contribution in [3.05, 3.63) is 12.2 Å². The highest BCUT2D eigenvalue weighted by Gasteiger charge is 2.51. The molecule has 0 aromatic rings. The Morgan fingerprint density at radius 1 is 1.32 bits per heavy atom. The summed E-state index contributed by atoms with van der Waals surface area (Å²) in [7, 11) is 0. The molecule has 0 aromatic carbocycles. The molecule has 2 aliphatic carbocycles. The zero-order chi connectivity index (χ0) is 14.0. The molecule has 0 saturated heterocycles. The molecule has 1 fully saturated rings. The number of hydrogen-bond donors (Lipinski definition) is 3. The van der Waals surface area contributed by atoms with E-state index in [-0.39, 0.29) is 24.3 Å². The van der Waals surface area contributed by atoms with E-state index >= 15 is 0 Å². The van der Waals surface area contributed by atoms with Gasteiger partial charge in [0.15, 0.2) is 0 Å². The quantitative estimate of drug-likeness (QED) is 0.621. The molecule has 2 rings (SSSR count). The lowest BCUT2D eigenvalue weighted by molar-refractivity contribution is -0.147. The first kappa shape index (κ1) is 14.1. The van der Waals surface area contributed by atoms with Crippen LogP contribution in [0.5, 0.6) is 0 Å². The van der Waals surface area contributed by atoms with E-state index in [2.05, 4.69) is 5.32 Å². The predicted molar refractivity (Wildman–Crippen MR) is 69.3 cm³/mol. The number of rotatable bonds is 6. The smallest absolute Gasteiger partial charge is 0.307 e. The Bertz CT molecular complexity index is 393. The molecule has 2 bridgehead atoms. The molecule has 106 valence electrons. The lowest BCUT2D eigenvalue weighted by Gasteiger charge is -2.24. The number of hydrogen-bond acceptors (Lipinski definition) is 3. The second-order valence-electron chi connectivity index (χ2n) is 5.53. The summed E-state index contributed by atoms with van der Waals surface area (Å²) in [5.41, 5.74) is 0. The molecular formula is C14H21NO4. The van der Waals surface area contributed by atoms with Crippen molar-refractivity contribution in [1.82, 2.24) is 5.32 Å². The molecular weight excluding hydrogens is 246 g/mol. The molecule has 3 unspecified atom stereocenters. The summed E-state index contributed by atoms with van der Waals surface area (Å²) in [6, 6.07) is 0. The second-order valence-corrected chi connectivity index (χ2v) is 5.53. The van der Waals surface area contributed by atoms with Crippen molar-refractivity contribution in [2.45, 2.75) is 32.3 Å². The largest absolute Gasteiger partial charge is 0.481 e. The summed E-state index contributed by atoms with van der Waals surface area (Å²) < 4.78 is 0. The van der Waals surface area contributed by atoms with Crippen molar-refractivity contribution < 1.29 is 19.8 Å². The zero-order valence-corrected chi connectivity index (χ0v) is 11.1. The predicted octanol–water partition coefficient (Wildman–Crippen LogP) is 0.787. The number of allylic oxidation sites excluding steroid dienone is 2. The van der Waals surface area contributed by atoms with Crippen LogP contribution in [-0.2, 0) is 9.59 Å². The van der Waals surface area contributed by atoms with Crippen LogP contribution in [0.25, 0.3) is 0 Å². The third-order valence-corrected chi connectivity index (χ3v) is 4.18. The van der Waals surface area contributed by atoms with Gasteiger partial charge in [-0.2, -0.15) is 0 Å². The third kappa shape index (κ3) is 2.81. The van der Waals surface area contributed by atoms with Crippen LogP contribution in [0.2, 0.25) is 0 Å². The Morgan fingerprint density at radius 2 is 1.95 bits per heavy atom. The van der Waals surface area contributed by atoms with Gasteiger partial charge in [-0.3, -0.25) is 9.59 Å². The minimum Gasteiger partial charge on any atom is -0.481 e. The van der Waals surface area contributed by atoms with E-state index in [0.29, 0.717) is 6.42 Å². The maximum atomic E-state index is 12.1. The Hall–Kier alpha value is -1.36. The number of aliphatic carboxylic acids is 1. The van der Waals surface area contributed by atoms with Gasteiger partial charge in [0.25, 0.3) is 0 Å². The van der Waals surface area contributed by atoms with Gasteiger partial charge in [-0.05, 0) is 24.7 Å². The fourth-order valence-electron chi connectivity index (χ4n) is 3.29. The van der Waals surface area contributed by atoms with Crippen molar-refractivity contribution in [2.75, 3.05) is 6.54 Å². The van der Waals surface area contributed by atoms with Gasteiger partial charge in [-0.1, -0.05) is 25.5 Å². The van der Waals surface area contributed by atoms with E-state index in [9.17, 15) is 19.8 Å². The van der Waals surface area contributed by atoms with Crippen LogP contribution < -0.4 is 5.32 Å². The monoisotopic (exact) mass is 267 g/mol. The molecule has 2 aliphatic rings. The SMILES string of the molecule is CCCC(O)CNC(=O)[C@H]1C2C=CC(C2)[C@H]1C(=O)O. The summed E-state index contributed by atoms with van der Waals surface area (Å²) in [5.74, 6) is -2.21. The van der Waals surface area contributed by atoms with Crippen molar-refractivity contribution in [2.24, 2.45) is 23.7 Å². The van der Waals surface area contributed by atoms with Crippen LogP contribution >= 0.6 is 0 Å². The first-order chi connectivity index (χ1) is 9.04. The van der Waals surface area contributed by atoms with Gasteiger partial charge in [0.1, 0.15) is 0 Å². The summed E-state index contributed by atoms with van der Waals surface area (Å²) >= 11 is 0. The molecule has 0 radical (unpaired) electrons. The fourth-order valence-corrected chi connectivity index (χ4v) is 3.29. The number of carbonyl (C=O) groups excluding carboxylic acids is 1. The number of fused-ring (bicyclic) bond motifs is 2. The minimum absolute atomic E-state index is 0.0150.